The average Bonchev–Trinajstić information content (AvgIpc) is 2.39. The number of Topliss-reactive ketones (excluding diaryl/α,β-unsaturated/α-hetero) is 1. The fraction of sp³-hybridized carbons (Fsp3) is 0.133. The molecule has 0 radical (unpaired) electrons. The fourth-order valence-corrected chi connectivity index (χ4v) is 1.60. The van der Waals surface area contributed by atoms with Crippen LogP contribution in [-0.4, -0.2) is 12.4 Å². The lowest BCUT2D eigenvalue weighted by Gasteiger charge is -2.05. The van der Waals surface area contributed by atoms with Crippen LogP contribution in [0.5, 0.6) is 5.75 Å². The van der Waals surface area contributed by atoms with Crippen molar-refractivity contribution in [3.8, 4) is 5.75 Å². The molecule has 0 aliphatic rings. The van der Waals surface area contributed by atoms with Gasteiger partial charge in [-0.05, 0) is 29.8 Å². The van der Waals surface area contributed by atoms with Gasteiger partial charge in [-0.2, -0.15) is 0 Å². The molecule has 0 aromatic heterocycles. The summed E-state index contributed by atoms with van der Waals surface area (Å²) in [5.74, 6) is -0.598. The predicted octanol–water partition coefficient (Wildman–Crippen LogP) is 3.16. The van der Waals surface area contributed by atoms with Crippen LogP contribution >= 0.6 is 0 Å². The summed E-state index contributed by atoms with van der Waals surface area (Å²) in [7, 11) is 0. The molecule has 19 heavy (non-hydrogen) atoms. The van der Waals surface area contributed by atoms with Crippen molar-refractivity contribution in [1.82, 2.24) is 0 Å². The van der Waals surface area contributed by atoms with Gasteiger partial charge in [-0.15, -0.1) is 0 Å². The summed E-state index contributed by atoms with van der Waals surface area (Å²) < 4.78 is 30.7. The molecular weight excluding hydrogens is 250 g/mol. The van der Waals surface area contributed by atoms with Crippen molar-refractivity contribution in [3.63, 3.8) is 0 Å². The van der Waals surface area contributed by atoms with Crippen molar-refractivity contribution in [2.75, 3.05) is 6.61 Å². The van der Waals surface area contributed by atoms with E-state index in [0.717, 1.165) is 0 Å². The summed E-state index contributed by atoms with van der Waals surface area (Å²) >= 11 is 0. The summed E-state index contributed by atoms with van der Waals surface area (Å²) in [6.07, 6.45) is 0.162. The van der Waals surface area contributed by atoms with Crippen LogP contribution in [0.4, 0.5) is 8.78 Å². The minimum atomic E-state index is -0.413. The molecule has 0 fully saturated rings. The van der Waals surface area contributed by atoms with Gasteiger partial charge in [0.1, 0.15) is 24.0 Å². The average molecular weight is 262 g/mol. The Morgan fingerprint density at radius 1 is 1.00 bits per heavy atom. The Bertz CT molecular complexity index is 565. The summed E-state index contributed by atoms with van der Waals surface area (Å²) in [5, 5.41) is 0. The molecule has 98 valence electrons. The van der Waals surface area contributed by atoms with E-state index in [1.54, 1.807) is 18.2 Å². The maximum atomic E-state index is 12.9. The Morgan fingerprint density at radius 3 is 2.42 bits per heavy atom. The van der Waals surface area contributed by atoms with E-state index in [4.69, 9.17) is 4.74 Å². The first kappa shape index (κ1) is 13.2. The van der Waals surface area contributed by atoms with E-state index < -0.39 is 5.82 Å². The van der Waals surface area contributed by atoms with Crippen LogP contribution in [-0.2, 0) is 11.2 Å². The molecule has 0 unspecified atom stereocenters. The maximum Gasteiger partial charge on any atom is 0.174 e. The zero-order valence-corrected chi connectivity index (χ0v) is 10.1. The SMILES string of the molecule is O=C(COc1cccc(F)c1)Cc1ccc(F)cc1. The van der Waals surface area contributed by atoms with Gasteiger partial charge in [0.15, 0.2) is 5.78 Å². The highest BCUT2D eigenvalue weighted by atomic mass is 19.1. The second kappa shape index (κ2) is 6.09. The third-order valence-corrected chi connectivity index (χ3v) is 2.51. The molecule has 0 N–H and O–H groups in total. The first-order valence-electron chi connectivity index (χ1n) is 5.78. The van der Waals surface area contributed by atoms with Gasteiger partial charge < -0.3 is 4.74 Å². The highest BCUT2D eigenvalue weighted by Crippen LogP contribution is 2.12. The number of rotatable bonds is 5. The van der Waals surface area contributed by atoms with E-state index in [1.165, 1.54) is 30.3 Å². The first-order valence-corrected chi connectivity index (χ1v) is 5.78. The van der Waals surface area contributed by atoms with Crippen molar-refractivity contribution >= 4 is 5.78 Å². The molecule has 0 atom stereocenters. The van der Waals surface area contributed by atoms with E-state index in [-0.39, 0.29) is 24.6 Å². The molecule has 2 nitrogen and oxygen atoms in total. The third kappa shape index (κ3) is 4.17. The number of hydrogen-bond donors (Lipinski definition) is 0. The van der Waals surface area contributed by atoms with E-state index in [2.05, 4.69) is 0 Å². The minimum Gasteiger partial charge on any atom is -0.486 e. The predicted molar refractivity (Wildman–Crippen MR) is 67.0 cm³/mol. The van der Waals surface area contributed by atoms with E-state index in [0.29, 0.717) is 11.3 Å². The molecule has 2 aromatic rings. The molecule has 0 bridgehead atoms. The molecule has 0 spiro atoms. The molecule has 0 heterocycles. The van der Waals surface area contributed by atoms with Crippen LogP contribution in [0.15, 0.2) is 48.5 Å². The zero-order chi connectivity index (χ0) is 13.7. The van der Waals surface area contributed by atoms with Gasteiger partial charge in [0.05, 0.1) is 0 Å². The smallest absolute Gasteiger partial charge is 0.174 e. The molecular formula is C15H12F2O2. The molecule has 4 heteroatoms. The van der Waals surface area contributed by atoms with Crippen molar-refractivity contribution in [2.45, 2.75) is 6.42 Å². The molecule has 0 saturated carbocycles. The fourth-order valence-electron chi connectivity index (χ4n) is 1.60. The number of hydrogen-bond acceptors (Lipinski definition) is 2. The normalized spacial score (nSPS) is 10.2. The van der Waals surface area contributed by atoms with Crippen molar-refractivity contribution in [3.05, 3.63) is 65.7 Å². The van der Waals surface area contributed by atoms with Crippen LogP contribution in [0.1, 0.15) is 5.56 Å². The number of halogens is 2. The molecule has 2 rings (SSSR count). The lowest BCUT2D eigenvalue weighted by Crippen LogP contribution is -2.13. The zero-order valence-electron chi connectivity index (χ0n) is 10.1. The third-order valence-electron chi connectivity index (χ3n) is 2.51. The van der Waals surface area contributed by atoms with Gasteiger partial charge in [-0.3, -0.25) is 4.79 Å². The van der Waals surface area contributed by atoms with E-state index in [1.807, 2.05) is 0 Å². The van der Waals surface area contributed by atoms with Crippen LogP contribution < -0.4 is 4.74 Å². The second-order valence-electron chi connectivity index (χ2n) is 4.09. The molecule has 0 aliphatic heterocycles. The van der Waals surface area contributed by atoms with Crippen LogP contribution in [0, 0.1) is 11.6 Å². The maximum absolute atomic E-state index is 12.9. The van der Waals surface area contributed by atoms with Crippen molar-refractivity contribution in [2.24, 2.45) is 0 Å². The highest BCUT2D eigenvalue weighted by Gasteiger charge is 2.05. The van der Waals surface area contributed by atoms with Gasteiger partial charge in [0.25, 0.3) is 0 Å². The number of carbonyl (C=O) groups excluding carboxylic acids is 1. The quantitative estimate of drug-likeness (QED) is 0.827. The highest BCUT2D eigenvalue weighted by molar-refractivity contribution is 5.82. The van der Waals surface area contributed by atoms with Crippen LogP contribution in [0.25, 0.3) is 0 Å². The topological polar surface area (TPSA) is 26.3 Å². The van der Waals surface area contributed by atoms with E-state index in [9.17, 15) is 13.6 Å². The van der Waals surface area contributed by atoms with Gasteiger partial charge in [0, 0.05) is 12.5 Å². The summed E-state index contributed by atoms with van der Waals surface area (Å²) in [5.41, 5.74) is 0.717. The number of carbonyl (C=O) groups is 1. The Kier molecular flexibility index (Phi) is 4.23. The number of ketones is 1. The standard InChI is InChI=1S/C15H12F2O2/c16-12-6-4-11(5-7-12)8-14(18)10-19-15-3-1-2-13(17)9-15/h1-7,9H,8,10H2. The summed E-state index contributed by atoms with van der Waals surface area (Å²) in [6.45, 7) is -0.138. The van der Waals surface area contributed by atoms with Gasteiger partial charge in [0.2, 0.25) is 0 Å². The largest absolute Gasteiger partial charge is 0.486 e. The Labute approximate surface area is 109 Å². The van der Waals surface area contributed by atoms with Crippen molar-refractivity contribution in [1.29, 1.82) is 0 Å². The Balaban J connectivity index is 1.86. The minimum absolute atomic E-state index is 0.138. The van der Waals surface area contributed by atoms with Crippen LogP contribution in [0.3, 0.4) is 0 Å². The van der Waals surface area contributed by atoms with Gasteiger partial charge in [-0.1, -0.05) is 18.2 Å². The Hall–Kier alpha value is -2.23. The van der Waals surface area contributed by atoms with Gasteiger partial charge in [-0.25, -0.2) is 8.78 Å². The Morgan fingerprint density at radius 2 is 1.74 bits per heavy atom. The monoisotopic (exact) mass is 262 g/mol. The second-order valence-corrected chi connectivity index (χ2v) is 4.09. The molecule has 0 aliphatic carbocycles. The first-order chi connectivity index (χ1) is 9.13. The van der Waals surface area contributed by atoms with Gasteiger partial charge >= 0.3 is 0 Å². The number of benzene rings is 2. The molecule has 0 saturated heterocycles. The molecule has 0 amide bonds. The van der Waals surface area contributed by atoms with Crippen LogP contribution in [0.2, 0.25) is 0 Å². The number of ether oxygens (including phenoxy) is 1. The molecule has 2 aromatic carbocycles. The summed E-state index contributed by atoms with van der Waals surface area (Å²) in [6, 6.07) is 11.3. The lowest BCUT2D eigenvalue weighted by molar-refractivity contribution is -0.120. The van der Waals surface area contributed by atoms with Crippen molar-refractivity contribution < 1.29 is 18.3 Å². The summed E-state index contributed by atoms with van der Waals surface area (Å²) in [4.78, 5) is 11.6. The lowest BCUT2D eigenvalue weighted by atomic mass is 10.1. The van der Waals surface area contributed by atoms with E-state index >= 15 is 0 Å².